The first-order valence-corrected chi connectivity index (χ1v) is 19.9. The number of amides is 1. The second-order valence-corrected chi connectivity index (χ2v) is 15.9. The first-order valence-electron chi connectivity index (χ1n) is 17.4. The van der Waals surface area contributed by atoms with Crippen molar-refractivity contribution in [3.05, 3.63) is 166 Å². The number of hydrogen-bond acceptors (Lipinski definition) is 8. The van der Waals surface area contributed by atoms with Gasteiger partial charge in [0, 0.05) is 35.9 Å². The van der Waals surface area contributed by atoms with Crippen LogP contribution in [0.2, 0.25) is 0 Å². The van der Waals surface area contributed by atoms with Crippen LogP contribution >= 0.6 is 11.8 Å². The minimum absolute atomic E-state index is 0.0516. The minimum Gasteiger partial charge on any atom is -0.618 e. The zero-order valence-corrected chi connectivity index (χ0v) is 31.1. The van der Waals surface area contributed by atoms with Crippen LogP contribution in [0.15, 0.2) is 137 Å². The zero-order valence-electron chi connectivity index (χ0n) is 29.5. The third-order valence-corrected chi connectivity index (χ3v) is 11.8. The van der Waals surface area contributed by atoms with Crippen molar-refractivity contribution in [3.63, 3.8) is 0 Å². The van der Waals surface area contributed by atoms with E-state index in [2.05, 4.69) is 17.0 Å². The summed E-state index contributed by atoms with van der Waals surface area (Å²) in [4.78, 5) is 13.6. The average Bonchev–Trinajstić information content (AvgIpc) is 3.17. The van der Waals surface area contributed by atoms with Gasteiger partial charge >= 0.3 is 0 Å². The summed E-state index contributed by atoms with van der Waals surface area (Å²) < 4.78 is 43.1. The molecular weight excluding hydrogens is 711 g/mol. The van der Waals surface area contributed by atoms with Crippen LogP contribution in [0.1, 0.15) is 52.7 Å². The Kier molecular flexibility index (Phi) is 12.6. The number of benzene rings is 4. The van der Waals surface area contributed by atoms with Crippen molar-refractivity contribution < 1.29 is 32.5 Å². The molecule has 0 bridgehead atoms. The number of ether oxygens (including phenoxy) is 2. The fourth-order valence-electron chi connectivity index (χ4n) is 6.12. The highest BCUT2D eigenvalue weighted by Gasteiger charge is 2.38. The normalized spacial score (nSPS) is 19.4. The van der Waals surface area contributed by atoms with Gasteiger partial charge in [0.05, 0.1) is 23.7 Å². The summed E-state index contributed by atoms with van der Waals surface area (Å²) in [6, 6.07) is 35.2. The molecule has 4 aromatic carbocycles. The fourth-order valence-corrected chi connectivity index (χ4v) is 8.39. The molecule has 2 heterocycles. The van der Waals surface area contributed by atoms with Gasteiger partial charge in [0.2, 0.25) is 15.9 Å². The van der Waals surface area contributed by atoms with Crippen molar-refractivity contribution in [2.24, 2.45) is 5.92 Å². The Morgan fingerprint density at radius 1 is 0.849 bits per heavy atom. The molecule has 1 aromatic heterocycles. The van der Waals surface area contributed by atoms with E-state index in [1.54, 1.807) is 24.3 Å². The van der Waals surface area contributed by atoms with E-state index in [4.69, 9.17) is 9.47 Å². The Hall–Kier alpha value is -4.56. The molecule has 10 nitrogen and oxygen atoms in total. The van der Waals surface area contributed by atoms with Crippen LogP contribution in [0.3, 0.4) is 0 Å². The maximum atomic E-state index is 13.5. The second-order valence-electron chi connectivity index (χ2n) is 13.1. The maximum absolute atomic E-state index is 13.5. The lowest BCUT2D eigenvalue weighted by molar-refractivity contribution is -0.645. The number of nitrogens with zero attached hydrogens (tertiary/aromatic N) is 1. The van der Waals surface area contributed by atoms with Gasteiger partial charge in [-0.3, -0.25) is 4.79 Å². The number of sulfonamides is 1. The standard InChI is InChI=1S/C41H43N3O7S2/c1-28-11-21-35(22-12-28)53(48,49)43-36(24-30-8-4-3-5-9-30)40(46)42-25-31-13-19-34(20-14-31)41-50-37(27-52-38-10-6-7-23-44(38)47)29(2)39(51-41)33-17-15-32(26-45)16-18-33/h3-23,29,36-37,39,41,43,45H,24-27H2,1-2H3,(H,42,46)/t29-,36+,37+,39+,41?/m0/s1. The van der Waals surface area contributed by atoms with Crippen LogP contribution in [0.4, 0.5) is 0 Å². The largest absolute Gasteiger partial charge is 0.618 e. The molecule has 0 spiro atoms. The van der Waals surface area contributed by atoms with Crippen LogP contribution in [-0.4, -0.2) is 37.3 Å². The minimum atomic E-state index is -3.97. The number of aliphatic hydroxyl groups excluding tert-OH is 1. The van der Waals surface area contributed by atoms with Crippen LogP contribution < -0.4 is 14.8 Å². The van der Waals surface area contributed by atoms with E-state index in [0.717, 1.165) is 38.1 Å². The number of hydrogen-bond donors (Lipinski definition) is 3. The molecule has 1 fully saturated rings. The number of aryl methyl sites for hydroxylation is 1. The summed E-state index contributed by atoms with van der Waals surface area (Å²) in [5, 5.41) is 25.4. The molecule has 1 amide bonds. The van der Waals surface area contributed by atoms with Crippen LogP contribution in [0.5, 0.6) is 0 Å². The molecule has 1 saturated heterocycles. The van der Waals surface area contributed by atoms with Gasteiger partial charge in [-0.25, -0.2) is 8.42 Å². The van der Waals surface area contributed by atoms with Gasteiger partial charge in [-0.05, 0) is 53.8 Å². The Bertz CT molecular complexity index is 2060. The highest BCUT2D eigenvalue weighted by Crippen LogP contribution is 2.42. The van der Waals surface area contributed by atoms with Crippen molar-refractivity contribution in [1.82, 2.24) is 10.0 Å². The predicted octanol–water partition coefficient (Wildman–Crippen LogP) is 5.91. The Labute approximate surface area is 314 Å². The molecule has 5 aromatic rings. The average molecular weight is 754 g/mol. The summed E-state index contributed by atoms with van der Waals surface area (Å²) in [6.45, 7) is 4.06. The fraction of sp³-hybridized carbons (Fsp3) is 0.268. The molecule has 0 radical (unpaired) electrons. The van der Waals surface area contributed by atoms with Crippen LogP contribution in [0.25, 0.3) is 0 Å². The summed E-state index contributed by atoms with van der Waals surface area (Å²) in [5.41, 5.74) is 5.10. The van der Waals surface area contributed by atoms with Crippen molar-refractivity contribution >= 4 is 27.7 Å². The number of pyridine rings is 1. The molecule has 5 atom stereocenters. The van der Waals surface area contributed by atoms with E-state index in [9.17, 15) is 23.5 Å². The van der Waals surface area contributed by atoms with Gasteiger partial charge in [0.25, 0.3) is 5.03 Å². The third-order valence-electron chi connectivity index (χ3n) is 9.25. The summed E-state index contributed by atoms with van der Waals surface area (Å²) in [5.74, 6) is 0.0273. The number of aliphatic hydroxyl groups is 1. The highest BCUT2D eigenvalue weighted by molar-refractivity contribution is 7.99. The molecular formula is C41H43N3O7S2. The SMILES string of the molecule is Cc1ccc(S(=O)(=O)N[C@H](Cc2ccccc2)C(=O)NCc2ccc(C3O[C@H](CSc4cccc[n+]4[O-])[C@H](C)[C@H](c4ccc(CO)cc4)O3)cc2)cc1. The van der Waals surface area contributed by atoms with Gasteiger partial charge < -0.3 is 25.1 Å². The van der Waals surface area contributed by atoms with Crippen molar-refractivity contribution in [2.45, 2.75) is 67.9 Å². The Morgan fingerprint density at radius 3 is 2.19 bits per heavy atom. The molecule has 12 heteroatoms. The second kappa shape index (κ2) is 17.5. The molecule has 1 aliphatic rings. The molecule has 0 saturated carbocycles. The number of aromatic nitrogens is 1. The van der Waals surface area contributed by atoms with Gasteiger partial charge in [-0.2, -0.15) is 9.45 Å². The number of thioether (sulfide) groups is 1. The first-order chi connectivity index (χ1) is 25.6. The molecule has 1 aliphatic heterocycles. The van der Waals surface area contributed by atoms with Crippen molar-refractivity contribution in [3.8, 4) is 0 Å². The van der Waals surface area contributed by atoms with Gasteiger partial charge in [0.15, 0.2) is 12.5 Å². The van der Waals surface area contributed by atoms with Gasteiger partial charge in [-0.15, -0.1) is 0 Å². The summed E-state index contributed by atoms with van der Waals surface area (Å²) in [6.07, 6.45) is 0.373. The molecule has 0 aliphatic carbocycles. The summed E-state index contributed by atoms with van der Waals surface area (Å²) >= 11 is 1.43. The van der Waals surface area contributed by atoms with E-state index in [-0.39, 0.29) is 42.6 Å². The Morgan fingerprint density at radius 2 is 1.51 bits per heavy atom. The van der Waals surface area contributed by atoms with E-state index in [0.29, 0.717) is 10.8 Å². The van der Waals surface area contributed by atoms with Crippen LogP contribution in [0, 0.1) is 18.0 Å². The lowest BCUT2D eigenvalue weighted by Gasteiger charge is -2.41. The van der Waals surface area contributed by atoms with Crippen molar-refractivity contribution in [1.29, 1.82) is 0 Å². The monoisotopic (exact) mass is 753 g/mol. The first kappa shape index (κ1) is 38.2. The smallest absolute Gasteiger partial charge is 0.251 e. The summed E-state index contributed by atoms with van der Waals surface area (Å²) in [7, 11) is -3.97. The Balaban J connectivity index is 1.15. The third kappa shape index (κ3) is 9.91. The van der Waals surface area contributed by atoms with Crippen molar-refractivity contribution in [2.75, 3.05) is 5.75 Å². The van der Waals surface area contributed by atoms with E-state index in [1.165, 1.54) is 30.1 Å². The number of carbonyl (C=O) groups excluding carboxylic acids is 1. The van der Waals surface area contributed by atoms with E-state index in [1.807, 2.05) is 91.9 Å². The number of carbonyl (C=O) groups is 1. The maximum Gasteiger partial charge on any atom is 0.251 e. The van der Waals surface area contributed by atoms with Gasteiger partial charge in [-0.1, -0.05) is 115 Å². The van der Waals surface area contributed by atoms with Gasteiger partial charge in [0.1, 0.15) is 6.04 Å². The molecule has 276 valence electrons. The predicted molar refractivity (Wildman–Crippen MR) is 203 cm³/mol. The van der Waals surface area contributed by atoms with Crippen LogP contribution in [-0.2, 0) is 43.9 Å². The topological polar surface area (TPSA) is 141 Å². The van der Waals surface area contributed by atoms with E-state index < -0.39 is 28.3 Å². The number of rotatable bonds is 14. The lowest BCUT2D eigenvalue weighted by Crippen LogP contribution is -2.47. The quantitative estimate of drug-likeness (QED) is 0.0723. The lowest BCUT2D eigenvalue weighted by atomic mass is 9.91. The zero-order chi connectivity index (χ0) is 37.4. The molecule has 1 unspecified atom stereocenters. The molecule has 3 N–H and O–H groups in total. The van der Waals surface area contributed by atoms with E-state index >= 15 is 0 Å². The molecule has 53 heavy (non-hydrogen) atoms. The molecule has 6 rings (SSSR count). The highest BCUT2D eigenvalue weighted by atomic mass is 32.2. The number of nitrogens with one attached hydrogen (secondary N) is 2.